The molecule has 1 heterocycles. The molecule has 3 rings (SSSR count). The van der Waals surface area contributed by atoms with E-state index in [9.17, 15) is 19.7 Å². The van der Waals surface area contributed by atoms with Crippen LogP contribution in [-0.2, 0) is 11.3 Å². The summed E-state index contributed by atoms with van der Waals surface area (Å²) < 4.78 is 4.98. The zero-order valence-electron chi connectivity index (χ0n) is 16.2. The van der Waals surface area contributed by atoms with E-state index in [1.165, 1.54) is 29.2 Å². The Morgan fingerprint density at radius 1 is 1.07 bits per heavy atom. The van der Waals surface area contributed by atoms with Gasteiger partial charge in [-0.05, 0) is 48.9 Å². The molecule has 8 nitrogen and oxygen atoms in total. The fraction of sp³-hybridized carbons (Fsp3) is 0.136. The van der Waals surface area contributed by atoms with Gasteiger partial charge in [-0.1, -0.05) is 12.1 Å². The van der Waals surface area contributed by atoms with Crippen molar-refractivity contribution in [3.63, 3.8) is 0 Å². The lowest BCUT2D eigenvalue weighted by molar-refractivity contribution is -0.384. The Hall–Kier alpha value is -4.07. The molecule has 0 atom stereocenters. The summed E-state index contributed by atoms with van der Waals surface area (Å²) in [6.07, 6.45) is 3.27. The number of rotatable bonds is 7. The zero-order chi connectivity index (χ0) is 21.5. The summed E-state index contributed by atoms with van der Waals surface area (Å²) in [5.74, 6) is -0.862. The highest BCUT2D eigenvalue weighted by atomic mass is 16.6. The van der Waals surface area contributed by atoms with Crippen LogP contribution in [0.2, 0.25) is 0 Å². The number of carbonyl (C=O) groups excluding carboxylic acids is 2. The SMILES string of the molecule is CCOC(=O)c1ccc(N(Cc2cccnc2)C(=O)c2cccc([N+](=O)[O-])c2)cc1. The number of esters is 1. The van der Waals surface area contributed by atoms with Crippen LogP contribution in [0.5, 0.6) is 0 Å². The summed E-state index contributed by atoms with van der Waals surface area (Å²) in [5.41, 5.74) is 1.70. The number of nitrogens with zero attached hydrogens (tertiary/aromatic N) is 3. The van der Waals surface area contributed by atoms with Gasteiger partial charge >= 0.3 is 5.97 Å². The topological polar surface area (TPSA) is 103 Å². The highest BCUT2D eigenvalue weighted by Crippen LogP contribution is 2.23. The highest BCUT2D eigenvalue weighted by Gasteiger charge is 2.21. The number of ether oxygens (including phenoxy) is 1. The third kappa shape index (κ3) is 4.85. The zero-order valence-corrected chi connectivity index (χ0v) is 16.2. The van der Waals surface area contributed by atoms with Gasteiger partial charge in [0.1, 0.15) is 0 Å². The summed E-state index contributed by atoms with van der Waals surface area (Å²) in [7, 11) is 0. The Balaban J connectivity index is 1.96. The van der Waals surface area contributed by atoms with E-state index in [-0.39, 0.29) is 24.4 Å². The summed E-state index contributed by atoms with van der Waals surface area (Å²) in [6.45, 7) is 2.19. The largest absolute Gasteiger partial charge is 0.462 e. The maximum Gasteiger partial charge on any atom is 0.338 e. The number of amides is 1. The van der Waals surface area contributed by atoms with Crippen molar-refractivity contribution in [3.05, 3.63) is 99.9 Å². The number of benzene rings is 2. The van der Waals surface area contributed by atoms with Gasteiger partial charge in [0.15, 0.2) is 0 Å². The molecular formula is C22H19N3O5. The van der Waals surface area contributed by atoms with Crippen LogP contribution in [0.25, 0.3) is 0 Å². The molecule has 0 unspecified atom stereocenters. The van der Waals surface area contributed by atoms with E-state index in [4.69, 9.17) is 4.74 Å². The number of aromatic nitrogens is 1. The minimum Gasteiger partial charge on any atom is -0.462 e. The van der Waals surface area contributed by atoms with Crippen molar-refractivity contribution < 1.29 is 19.2 Å². The number of hydrogen-bond donors (Lipinski definition) is 0. The van der Waals surface area contributed by atoms with Crippen molar-refractivity contribution in [1.82, 2.24) is 4.98 Å². The van der Waals surface area contributed by atoms with Crippen molar-refractivity contribution in [2.75, 3.05) is 11.5 Å². The molecule has 0 aliphatic heterocycles. The molecule has 152 valence electrons. The standard InChI is InChI=1S/C22H19N3O5/c1-2-30-22(27)17-8-10-19(11-9-17)24(15-16-5-4-12-23-14-16)21(26)18-6-3-7-20(13-18)25(28)29/h3-14H,2,15H2,1H3. The molecule has 2 aromatic carbocycles. The monoisotopic (exact) mass is 405 g/mol. The van der Waals surface area contributed by atoms with Gasteiger partial charge < -0.3 is 9.64 Å². The average molecular weight is 405 g/mol. The molecule has 0 fully saturated rings. The van der Waals surface area contributed by atoms with E-state index in [0.29, 0.717) is 11.3 Å². The van der Waals surface area contributed by atoms with Crippen LogP contribution in [0.15, 0.2) is 73.1 Å². The Morgan fingerprint density at radius 2 is 1.83 bits per heavy atom. The highest BCUT2D eigenvalue weighted by molar-refractivity contribution is 6.06. The number of nitro benzene ring substituents is 1. The molecule has 8 heteroatoms. The quantitative estimate of drug-likeness (QED) is 0.334. The number of anilines is 1. The number of nitro groups is 1. The van der Waals surface area contributed by atoms with Crippen molar-refractivity contribution in [1.29, 1.82) is 0 Å². The molecule has 0 N–H and O–H groups in total. The van der Waals surface area contributed by atoms with Gasteiger partial charge in [-0.25, -0.2) is 4.79 Å². The van der Waals surface area contributed by atoms with Crippen LogP contribution >= 0.6 is 0 Å². The van der Waals surface area contributed by atoms with Crippen molar-refractivity contribution >= 4 is 23.3 Å². The second-order valence-electron chi connectivity index (χ2n) is 6.33. The van der Waals surface area contributed by atoms with E-state index in [1.54, 1.807) is 49.6 Å². The molecule has 0 bridgehead atoms. The Labute approximate surface area is 172 Å². The minimum atomic E-state index is -0.545. The predicted molar refractivity (Wildman–Crippen MR) is 110 cm³/mol. The minimum absolute atomic E-state index is 0.167. The van der Waals surface area contributed by atoms with Gasteiger partial charge in [-0.2, -0.15) is 0 Å². The van der Waals surface area contributed by atoms with Gasteiger partial charge in [0.25, 0.3) is 11.6 Å². The molecule has 1 aromatic heterocycles. The Morgan fingerprint density at radius 3 is 2.47 bits per heavy atom. The first-order valence-corrected chi connectivity index (χ1v) is 9.22. The molecule has 0 saturated carbocycles. The van der Waals surface area contributed by atoms with Gasteiger partial charge in [0.2, 0.25) is 0 Å². The number of pyridine rings is 1. The maximum absolute atomic E-state index is 13.2. The second kappa shape index (κ2) is 9.42. The number of hydrogen-bond acceptors (Lipinski definition) is 6. The van der Waals surface area contributed by atoms with Crippen LogP contribution in [-0.4, -0.2) is 28.4 Å². The van der Waals surface area contributed by atoms with Crippen molar-refractivity contribution in [3.8, 4) is 0 Å². The third-order valence-electron chi connectivity index (χ3n) is 4.30. The molecule has 3 aromatic rings. The van der Waals surface area contributed by atoms with E-state index >= 15 is 0 Å². The van der Waals surface area contributed by atoms with E-state index in [1.807, 2.05) is 6.07 Å². The molecule has 0 saturated heterocycles. The van der Waals surface area contributed by atoms with Gasteiger partial charge in [0.05, 0.1) is 23.6 Å². The average Bonchev–Trinajstić information content (AvgIpc) is 2.78. The second-order valence-corrected chi connectivity index (χ2v) is 6.33. The Kier molecular flexibility index (Phi) is 6.49. The molecule has 30 heavy (non-hydrogen) atoms. The van der Waals surface area contributed by atoms with Crippen LogP contribution < -0.4 is 4.90 Å². The smallest absolute Gasteiger partial charge is 0.338 e. The molecule has 1 amide bonds. The first kappa shape index (κ1) is 20.7. The van der Waals surface area contributed by atoms with E-state index < -0.39 is 16.8 Å². The molecule has 0 aliphatic rings. The van der Waals surface area contributed by atoms with Crippen molar-refractivity contribution in [2.24, 2.45) is 0 Å². The lowest BCUT2D eigenvalue weighted by Gasteiger charge is -2.23. The van der Waals surface area contributed by atoms with Gasteiger partial charge in [-0.15, -0.1) is 0 Å². The van der Waals surface area contributed by atoms with Gasteiger partial charge in [0, 0.05) is 35.8 Å². The molecule has 0 spiro atoms. The first-order chi connectivity index (χ1) is 14.5. The fourth-order valence-electron chi connectivity index (χ4n) is 2.85. The van der Waals surface area contributed by atoms with Crippen LogP contribution in [0.1, 0.15) is 33.2 Å². The van der Waals surface area contributed by atoms with Crippen molar-refractivity contribution in [2.45, 2.75) is 13.5 Å². The number of carbonyl (C=O) groups is 2. The Bertz CT molecular complexity index is 1050. The van der Waals surface area contributed by atoms with Gasteiger partial charge in [-0.3, -0.25) is 19.9 Å². The lowest BCUT2D eigenvalue weighted by atomic mass is 10.1. The summed E-state index contributed by atoms with van der Waals surface area (Å²) in [6, 6.07) is 15.6. The van der Waals surface area contributed by atoms with Crippen LogP contribution in [0.3, 0.4) is 0 Å². The molecule has 0 radical (unpaired) electrons. The maximum atomic E-state index is 13.2. The normalized spacial score (nSPS) is 10.3. The van der Waals surface area contributed by atoms with E-state index in [2.05, 4.69) is 4.98 Å². The summed E-state index contributed by atoms with van der Waals surface area (Å²) >= 11 is 0. The summed E-state index contributed by atoms with van der Waals surface area (Å²) in [4.78, 5) is 41.2. The first-order valence-electron chi connectivity index (χ1n) is 9.22. The predicted octanol–water partition coefficient (Wildman–Crippen LogP) is 4.01. The third-order valence-corrected chi connectivity index (χ3v) is 4.30. The van der Waals surface area contributed by atoms with E-state index in [0.717, 1.165) is 5.56 Å². The van der Waals surface area contributed by atoms with Crippen LogP contribution in [0.4, 0.5) is 11.4 Å². The molecular weight excluding hydrogens is 386 g/mol. The fourth-order valence-corrected chi connectivity index (χ4v) is 2.85. The number of non-ortho nitro benzene ring substituents is 1. The molecule has 0 aliphatic carbocycles. The van der Waals surface area contributed by atoms with Crippen LogP contribution in [0, 0.1) is 10.1 Å². The summed E-state index contributed by atoms with van der Waals surface area (Å²) in [5, 5.41) is 11.1. The lowest BCUT2D eigenvalue weighted by Crippen LogP contribution is -2.30.